The highest BCUT2D eigenvalue weighted by atomic mass is 32.2. The Morgan fingerprint density at radius 2 is 2.08 bits per heavy atom. The predicted molar refractivity (Wildman–Crippen MR) is 93.2 cm³/mol. The van der Waals surface area contributed by atoms with Gasteiger partial charge in [0.25, 0.3) is 0 Å². The van der Waals surface area contributed by atoms with Crippen molar-refractivity contribution in [3.8, 4) is 10.8 Å². The van der Waals surface area contributed by atoms with Gasteiger partial charge in [-0.2, -0.15) is 0 Å². The SMILES string of the molecule is CC1(C(=O)Nc2ncc(Oc3cccc(F)c3)s2)CCS(=O)(=O)CC1. The summed E-state index contributed by atoms with van der Waals surface area (Å²) in [5, 5.41) is 3.48. The van der Waals surface area contributed by atoms with Gasteiger partial charge in [-0.25, -0.2) is 17.8 Å². The fraction of sp³-hybridized carbons (Fsp3) is 0.375. The van der Waals surface area contributed by atoms with Gasteiger partial charge in [0.15, 0.2) is 5.13 Å². The van der Waals surface area contributed by atoms with Gasteiger partial charge in [-0.15, -0.1) is 0 Å². The first-order chi connectivity index (χ1) is 11.8. The number of sulfone groups is 1. The molecule has 1 aliphatic rings. The highest BCUT2D eigenvalue weighted by Gasteiger charge is 2.39. The maximum Gasteiger partial charge on any atom is 0.232 e. The number of carbonyl (C=O) groups excluding carboxylic acids is 1. The summed E-state index contributed by atoms with van der Waals surface area (Å²) < 4.78 is 41.7. The van der Waals surface area contributed by atoms with Crippen molar-refractivity contribution in [2.45, 2.75) is 19.8 Å². The third kappa shape index (κ3) is 4.35. The van der Waals surface area contributed by atoms with Gasteiger partial charge in [0, 0.05) is 11.5 Å². The summed E-state index contributed by atoms with van der Waals surface area (Å²) in [6.45, 7) is 1.76. The molecule has 2 aromatic rings. The lowest BCUT2D eigenvalue weighted by Crippen LogP contribution is -2.40. The van der Waals surface area contributed by atoms with Crippen molar-refractivity contribution in [3.63, 3.8) is 0 Å². The highest BCUT2D eigenvalue weighted by Crippen LogP contribution is 2.35. The van der Waals surface area contributed by atoms with Gasteiger partial charge in [0.05, 0.1) is 17.7 Å². The number of amides is 1. The molecule has 0 saturated carbocycles. The van der Waals surface area contributed by atoms with Crippen molar-refractivity contribution >= 4 is 32.2 Å². The topological polar surface area (TPSA) is 85.4 Å². The predicted octanol–water partition coefficient (Wildman–Crippen LogP) is 3.23. The number of halogens is 1. The van der Waals surface area contributed by atoms with Crippen LogP contribution in [0.5, 0.6) is 10.8 Å². The summed E-state index contributed by atoms with van der Waals surface area (Å²) in [5.41, 5.74) is -0.736. The molecule has 6 nitrogen and oxygen atoms in total. The average molecular weight is 384 g/mol. The zero-order valence-electron chi connectivity index (χ0n) is 13.5. The molecule has 25 heavy (non-hydrogen) atoms. The van der Waals surface area contributed by atoms with E-state index in [1.54, 1.807) is 13.0 Å². The number of anilines is 1. The lowest BCUT2D eigenvalue weighted by atomic mass is 9.83. The quantitative estimate of drug-likeness (QED) is 0.875. The van der Waals surface area contributed by atoms with E-state index >= 15 is 0 Å². The minimum Gasteiger partial charge on any atom is -0.445 e. The van der Waals surface area contributed by atoms with Crippen LogP contribution >= 0.6 is 11.3 Å². The minimum atomic E-state index is -3.04. The molecule has 1 aromatic carbocycles. The van der Waals surface area contributed by atoms with Crippen molar-refractivity contribution in [2.75, 3.05) is 16.8 Å². The second-order valence-corrected chi connectivity index (χ2v) is 9.51. The number of thiazole rings is 1. The van der Waals surface area contributed by atoms with Gasteiger partial charge in [0.2, 0.25) is 11.0 Å². The zero-order chi connectivity index (χ0) is 18.1. The van der Waals surface area contributed by atoms with Gasteiger partial charge >= 0.3 is 0 Å². The first-order valence-electron chi connectivity index (χ1n) is 7.67. The van der Waals surface area contributed by atoms with Crippen molar-refractivity contribution in [1.29, 1.82) is 0 Å². The van der Waals surface area contributed by atoms with Crippen LogP contribution < -0.4 is 10.1 Å². The smallest absolute Gasteiger partial charge is 0.232 e. The molecular weight excluding hydrogens is 367 g/mol. The van der Waals surface area contributed by atoms with Gasteiger partial charge < -0.3 is 10.1 Å². The van der Waals surface area contributed by atoms with Crippen LogP contribution in [0.1, 0.15) is 19.8 Å². The Bertz CT molecular complexity index is 881. The minimum absolute atomic E-state index is 0.0166. The molecule has 3 rings (SSSR count). The molecule has 0 radical (unpaired) electrons. The Hall–Kier alpha value is -2.00. The van der Waals surface area contributed by atoms with Crippen LogP contribution in [0.2, 0.25) is 0 Å². The molecule has 1 aliphatic heterocycles. The molecule has 0 aliphatic carbocycles. The van der Waals surface area contributed by atoms with E-state index < -0.39 is 21.1 Å². The van der Waals surface area contributed by atoms with Gasteiger partial charge in [-0.1, -0.05) is 24.3 Å². The van der Waals surface area contributed by atoms with Crippen molar-refractivity contribution < 1.29 is 22.3 Å². The molecule has 0 unspecified atom stereocenters. The maximum atomic E-state index is 13.2. The van der Waals surface area contributed by atoms with Crippen molar-refractivity contribution in [1.82, 2.24) is 4.98 Å². The first kappa shape index (κ1) is 17.8. The lowest BCUT2D eigenvalue weighted by Gasteiger charge is -2.31. The Morgan fingerprint density at radius 1 is 1.36 bits per heavy atom. The zero-order valence-corrected chi connectivity index (χ0v) is 15.1. The number of nitrogens with zero attached hydrogens (tertiary/aromatic N) is 1. The van der Waals surface area contributed by atoms with Crippen molar-refractivity contribution in [3.05, 3.63) is 36.3 Å². The molecule has 1 N–H and O–H groups in total. The monoisotopic (exact) mass is 384 g/mol. The fourth-order valence-corrected chi connectivity index (χ4v) is 4.88. The molecule has 1 fully saturated rings. The van der Waals surface area contributed by atoms with E-state index in [0.717, 1.165) is 11.3 Å². The van der Waals surface area contributed by atoms with Gasteiger partial charge in [0.1, 0.15) is 21.4 Å². The number of ether oxygens (including phenoxy) is 1. The first-order valence-corrected chi connectivity index (χ1v) is 10.3. The Morgan fingerprint density at radius 3 is 2.76 bits per heavy atom. The molecule has 0 bridgehead atoms. The number of rotatable bonds is 4. The van der Waals surface area contributed by atoms with Crippen LogP contribution in [0.15, 0.2) is 30.5 Å². The normalized spacial score (nSPS) is 18.5. The van der Waals surface area contributed by atoms with E-state index in [0.29, 0.717) is 28.8 Å². The summed E-state index contributed by atoms with van der Waals surface area (Å²) in [5.74, 6) is -0.290. The average Bonchev–Trinajstić information content (AvgIpc) is 2.97. The van der Waals surface area contributed by atoms with Gasteiger partial charge in [-0.05, 0) is 25.0 Å². The summed E-state index contributed by atoms with van der Waals surface area (Å²) in [6, 6.07) is 5.72. The second kappa shape index (κ2) is 6.72. The van der Waals surface area contributed by atoms with E-state index in [1.165, 1.54) is 24.4 Å². The van der Waals surface area contributed by atoms with Crippen molar-refractivity contribution in [2.24, 2.45) is 5.41 Å². The summed E-state index contributed by atoms with van der Waals surface area (Å²) in [6.07, 6.45) is 2.03. The molecular formula is C16H17FN2O4S2. The Balaban J connectivity index is 1.64. The van der Waals surface area contributed by atoms with Crippen LogP contribution in [-0.2, 0) is 14.6 Å². The van der Waals surface area contributed by atoms with E-state index in [4.69, 9.17) is 4.74 Å². The van der Waals surface area contributed by atoms with Crippen LogP contribution in [-0.4, -0.2) is 30.8 Å². The summed E-state index contributed by atoms with van der Waals surface area (Å²) >= 11 is 1.12. The van der Waals surface area contributed by atoms with Gasteiger partial charge in [-0.3, -0.25) is 4.79 Å². The molecule has 9 heteroatoms. The number of benzene rings is 1. The summed E-state index contributed by atoms with van der Waals surface area (Å²) in [7, 11) is -3.04. The standard InChI is InChI=1S/C16H17FN2O4S2/c1-16(5-7-25(21,22)8-6-16)14(20)19-15-18-10-13(24-15)23-12-4-2-3-11(17)9-12/h2-4,9-10H,5-8H2,1H3,(H,18,19,20). The summed E-state index contributed by atoms with van der Waals surface area (Å²) in [4.78, 5) is 16.6. The lowest BCUT2D eigenvalue weighted by molar-refractivity contribution is -0.125. The second-order valence-electron chi connectivity index (χ2n) is 6.21. The molecule has 2 heterocycles. The number of hydrogen-bond donors (Lipinski definition) is 1. The van der Waals surface area contributed by atoms with E-state index in [1.807, 2.05) is 0 Å². The molecule has 1 saturated heterocycles. The molecule has 134 valence electrons. The fourth-order valence-electron chi connectivity index (χ4n) is 2.47. The number of aromatic nitrogens is 1. The highest BCUT2D eigenvalue weighted by molar-refractivity contribution is 7.91. The molecule has 1 aromatic heterocycles. The maximum absolute atomic E-state index is 13.2. The number of nitrogens with one attached hydrogen (secondary N) is 1. The molecule has 0 atom stereocenters. The third-order valence-corrected chi connectivity index (χ3v) is 6.64. The van der Waals surface area contributed by atoms with Crippen LogP contribution in [0.25, 0.3) is 0 Å². The largest absolute Gasteiger partial charge is 0.445 e. The van der Waals surface area contributed by atoms with E-state index in [-0.39, 0.29) is 17.4 Å². The van der Waals surface area contributed by atoms with E-state index in [2.05, 4.69) is 10.3 Å². The molecule has 1 amide bonds. The number of carbonyl (C=O) groups is 1. The Labute approximate surface area is 149 Å². The van der Waals surface area contributed by atoms with Crippen LogP contribution in [0.3, 0.4) is 0 Å². The van der Waals surface area contributed by atoms with E-state index in [9.17, 15) is 17.6 Å². The molecule has 0 spiro atoms. The van der Waals surface area contributed by atoms with Crippen LogP contribution in [0, 0.1) is 11.2 Å². The Kier molecular flexibility index (Phi) is 4.79. The third-order valence-electron chi connectivity index (χ3n) is 4.20. The number of hydrogen-bond acceptors (Lipinski definition) is 6. The van der Waals surface area contributed by atoms with Crippen LogP contribution in [0.4, 0.5) is 9.52 Å².